The molecule has 1 aliphatic rings. The van der Waals surface area contributed by atoms with Crippen LogP contribution in [0.2, 0.25) is 5.02 Å². The molecule has 0 saturated carbocycles. The number of thiocarbonyl (C=S) groups is 1. The Kier molecular flexibility index (Phi) is 5.40. The molecule has 0 unspecified atom stereocenters. The summed E-state index contributed by atoms with van der Waals surface area (Å²) in [4.78, 5) is 10.9. The molecule has 4 heterocycles. The normalized spacial score (nSPS) is 18.2. The van der Waals surface area contributed by atoms with Crippen molar-refractivity contribution in [1.82, 2.24) is 20.2 Å². The third-order valence-corrected chi connectivity index (χ3v) is 5.92. The number of furan rings is 1. The number of hydrogen-bond acceptors (Lipinski definition) is 4. The smallest absolute Gasteiger partial charge is 0.170 e. The van der Waals surface area contributed by atoms with Crippen LogP contribution >= 0.6 is 23.8 Å². The van der Waals surface area contributed by atoms with Gasteiger partial charge in [-0.2, -0.15) is 0 Å². The second-order valence-corrected chi connectivity index (χ2v) is 8.15. The fraction of sp³-hybridized carbons (Fsp3) is 0.125. The van der Waals surface area contributed by atoms with Gasteiger partial charge in [-0.1, -0.05) is 23.7 Å². The van der Waals surface area contributed by atoms with Gasteiger partial charge in [0.1, 0.15) is 17.6 Å². The summed E-state index contributed by atoms with van der Waals surface area (Å²) in [5.41, 5.74) is 2.95. The van der Waals surface area contributed by atoms with E-state index in [1.54, 1.807) is 12.4 Å². The van der Waals surface area contributed by atoms with Crippen LogP contribution < -0.4 is 5.32 Å². The highest BCUT2D eigenvalue weighted by Gasteiger charge is 2.41. The van der Waals surface area contributed by atoms with Crippen molar-refractivity contribution < 1.29 is 4.42 Å². The van der Waals surface area contributed by atoms with Crippen molar-refractivity contribution in [1.29, 1.82) is 0 Å². The molecule has 3 aromatic heterocycles. The molecule has 0 amide bonds. The number of nitrogens with zero attached hydrogens (tertiary/aromatic N) is 3. The van der Waals surface area contributed by atoms with Gasteiger partial charge in [0, 0.05) is 35.7 Å². The lowest BCUT2D eigenvalue weighted by Crippen LogP contribution is -2.29. The minimum atomic E-state index is -0.149. The van der Waals surface area contributed by atoms with E-state index in [2.05, 4.69) is 20.2 Å². The Labute approximate surface area is 190 Å². The predicted octanol–water partition coefficient (Wildman–Crippen LogP) is 5.56. The van der Waals surface area contributed by atoms with Crippen molar-refractivity contribution in [3.05, 3.63) is 107 Å². The molecule has 0 spiro atoms. The number of aromatic nitrogens is 2. The van der Waals surface area contributed by atoms with Crippen LogP contribution in [0.4, 0.5) is 0 Å². The number of nitrogens with one attached hydrogen (secondary N) is 1. The predicted molar refractivity (Wildman–Crippen MR) is 124 cm³/mol. The molecule has 1 aromatic carbocycles. The number of halogens is 1. The molecule has 5 nitrogen and oxygen atoms in total. The molecule has 1 saturated heterocycles. The van der Waals surface area contributed by atoms with Crippen molar-refractivity contribution in [3.63, 3.8) is 0 Å². The highest BCUT2D eigenvalue weighted by Crippen LogP contribution is 2.41. The molecule has 5 rings (SSSR count). The number of rotatable bonds is 5. The Bertz CT molecular complexity index is 1180. The summed E-state index contributed by atoms with van der Waals surface area (Å²) in [7, 11) is 0. The summed E-state index contributed by atoms with van der Waals surface area (Å²) in [6.45, 7) is 0.616. The van der Waals surface area contributed by atoms with Crippen molar-refractivity contribution in [2.24, 2.45) is 0 Å². The second kappa shape index (κ2) is 8.49. The summed E-state index contributed by atoms with van der Waals surface area (Å²) in [6.07, 6.45) is 5.42. The van der Waals surface area contributed by atoms with Crippen molar-refractivity contribution >= 4 is 28.9 Å². The number of hydrogen-bond donors (Lipinski definition) is 1. The van der Waals surface area contributed by atoms with Crippen molar-refractivity contribution in [2.75, 3.05) is 0 Å². The number of benzene rings is 1. The van der Waals surface area contributed by atoms with Gasteiger partial charge in [0.15, 0.2) is 5.11 Å². The maximum Gasteiger partial charge on any atom is 0.170 e. The summed E-state index contributed by atoms with van der Waals surface area (Å²) in [5, 5.41) is 4.80. The zero-order chi connectivity index (χ0) is 21.2. The van der Waals surface area contributed by atoms with Crippen molar-refractivity contribution in [3.8, 4) is 11.3 Å². The minimum Gasteiger partial charge on any atom is -0.459 e. The largest absolute Gasteiger partial charge is 0.459 e. The summed E-state index contributed by atoms with van der Waals surface area (Å²) in [5.74, 6) is 1.60. The fourth-order valence-electron chi connectivity index (χ4n) is 3.85. The zero-order valence-electron chi connectivity index (χ0n) is 16.5. The lowest BCUT2D eigenvalue weighted by Gasteiger charge is -2.26. The molecular weight excluding hydrogens is 428 g/mol. The zero-order valence-corrected chi connectivity index (χ0v) is 18.1. The molecule has 1 aliphatic heterocycles. The lowest BCUT2D eigenvalue weighted by atomic mass is 10.0. The highest BCUT2D eigenvalue weighted by atomic mass is 35.5. The molecule has 1 fully saturated rings. The number of pyridine rings is 2. The lowest BCUT2D eigenvalue weighted by molar-refractivity contribution is 0.269. The Balaban J connectivity index is 1.53. The topological polar surface area (TPSA) is 54.2 Å². The third kappa shape index (κ3) is 4.04. The van der Waals surface area contributed by atoms with Crippen LogP contribution in [0.15, 0.2) is 89.7 Å². The fourth-order valence-corrected chi connectivity index (χ4v) is 4.29. The van der Waals surface area contributed by atoms with E-state index < -0.39 is 0 Å². The molecule has 154 valence electrons. The molecular formula is C24H19ClN4OS. The van der Waals surface area contributed by atoms with Gasteiger partial charge >= 0.3 is 0 Å². The molecule has 31 heavy (non-hydrogen) atoms. The molecule has 2 atom stereocenters. The maximum absolute atomic E-state index is 6.33. The van der Waals surface area contributed by atoms with E-state index in [1.807, 2.05) is 72.9 Å². The van der Waals surface area contributed by atoms with Gasteiger partial charge in [-0.05, 0) is 72.4 Å². The van der Waals surface area contributed by atoms with Crippen LogP contribution in [-0.4, -0.2) is 20.0 Å². The molecule has 0 radical (unpaired) electrons. The van der Waals surface area contributed by atoms with E-state index in [-0.39, 0.29) is 12.1 Å². The average Bonchev–Trinajstić information content (AvgIpc) is 3.41. The molecule has 0 bridgehead atoms. The van der Waals surface area contributed by atoms with E-state index in [0.717, 1.165) is 28.3 Å². The molecule has 7 heteroatoms. The van der Waals surface area contributed by atoms with Gasteiger partial charge < -0.3 is 14.6 Å². The molecule has 0 aliphatic carbocycles. The van der Waals surface area contributed by atoms with Crippen LogP contribution in [0.1, 0.15) is 29.1 Å². The highest BCUT2D eigenvalue weighted by molar-refractivity contribution is 7.80. The van der Waals surface area contributed by atoms with E-state index in [0.29, 0.717) is 16.7 Å². The van der Waals surface area contributed by atoms with E-state index in [4.69, 9.17) is 28.2 Å². The van der Waals surface area contributed by atoms with Crippen LogP contribution in [0.25, 0.3) is 11.3 Å². The summed E-state index contributed by atoms with van der Waals surface area (Å²) >= 11 is 11.8. The first kappa shape index (κ1) is 19.7. The third-order valence-electron chi connectivity index (χ3n) is 5.32. The Morgan fingerprint density at radius 1 is 1.00 bits per heavy atom. The standard InChI is InChI=1S/C24H19ClN4OS/c25-18-8-6-17(7-9-18)20-10-11-21(30-20)23-22(19-5-1-2-13-27-19)28-24(31)29(23)15-16-4-3-12-26-14-16/h1-14,22-23H,15H2,(H,28,31)/t22-,23+/m0/s1. The molecule has 1 N–H and O–H groups in total. The summed E-state index contributed by atoms with van der Waals surface area (Å²) in [6, 6.07) is 21.2. The van der Waals surface area contributed by atoms with Crippen LogP contribution in [0.3, 0.4) is 0 Å². The Morgan fingerprint density at radius 3 is 2.61 bits per heavy atom. The second-order valence-electron chi connectivity index (χ2n) is 7.32. The van der Waals surface area contributed by atoms with Gasteiger partial charge in [-0.25, -0.2) is 0 Å². The van der Waals surface area contributed by atoms with Crippen LogP contribution in [0, 0.1) is 0 Å². The first-order valence-corrected chi connectivity index (χ1v) is 10.7. The first-order chi connectivity index (χ1) is 15.2. The van der Waals surface area contributed by atoms with E-state index in [9.17, 15) is 0 Å². The minimum absolute atomic E-state index is 0.130. The first-order valence-electron chi connectivity index (χ1n) is 9.92. The van der Waals surface area contributed by atoms with Gasteiger partial charge in [0.25, 0.3) is 0 Å². The van der Waals surface area contributed by atoms with E-state index in [1.165, 1.54) is 0 Å². The van der Waals surface area contributed by atoms with E-state index >= 15 is 0 Å². The van der Waals surface area contributed by atoms with Gasteiger partial charge in [0.05, 0.1) is 11.7 Å². The van der Waals surface area contributed by atoms with Gasteiger partial charge in [-0.15, -0.1) is 0 Å². The Morgan fingerprint density at radius 2 is 1.87 bits per heavy atom. The Hall–Kier alpha value is -3.22. The monoisotopic (exact) mass is 446 g/mol. The van der Waals surface area contributed by atoms with Crippen LogP contribution in [0.5, 0.6) is 0 Å². The summed E-state index contributed by atoms with van der Waals surface area (Å²) < 4.78 is 6.33. The van der Waals surface area contributed by atoms with Crippen LogP contribution in [-0.2, 0) is 6.54 Å². The van der Waals surface area contributed by atoms with Gasteiger partial charge in [0.2, 0.25) is 0 Å². The quantitative estimate of drug-likeness (QED) is 0.405. The van der Waals surface area contributed by atoms with Crippen molar-refractivity contribution in [2.45, 2.75) is 18.6 Å². The van der Waals surface area contributed by atoms with Gasteiger partial charge in [-0.3, -0.25) is 9.97 Å². The average molecular weight is 447 g/mol. The SMILES string of the molecule is S=C1N[C@@H](c2ccccn2)[C@@H](c2ccc(-c3ccc(Cl)cc3)o2)N1Cc1cccnc1. The molecule has 4 aromatic rings. The maximum atomic E-state index is 6.33.